The zero-order valence-corrected chi connectivity index (χ0v) is 10.9. The van der Waals surface area contributed by atoms with Crippen LogP contribution in [0.5, 0.6) is 0 Å². The Morgan fingerprint density at radius 1 is 1.50 bits per heavy atom. The van der Waals surface area contributed by atoms with Gasteiger partial charge < -0.3 is 9.72 Å². The molecule has 1 aromatic heterocycles. The maximum absolute atomic E-state index is 11.7. The molecule has 0 unspecified atom stereocenters. The maximum Gasteiger partial charge on any atom is 0.340 e. The Labute approximate surface area is 102 Å². The van der Waals surface area contributed by atoms with Crippen LogP contribution < -0.4 is 0 Å². The van der Waals surface area contributed by atoms with Crippen LogP contribution in [0.15, 0.2) is 6.20 Å². The van der Waals surface area contributed by atoms with Crippen LogP contribution in [-0.4, -0.2) is 29.2 Å². The first-order valence-corrected chi connectivity index (χ1v) is 6.15. The lowest BCUT2D eigenvalue weighted by atomic mass is 10.0. The molecular formula is C11H14BrNO3. The number of aryl methyl sites for hydroxylation is 1. The fraction of sp³-hybridized carbons (Fsp3) is 0.455. The number of ether oxygens (including phenoxy) is 1. The van der Waals surface area contributed by atoms with Gasteiger partial charge in [0.1, 0.15) is 0 Å². The van der Waals surface area contributed by atoms with Crippen LogP contribution in [0, 0.1) is 0 Å². The third-order valence-corrected chi connectivity index (χ3v) is 2.78. The summed E-state index contributed by atoms with van der Waals surface area (Å²) in [5.41, 5.74) is 1.56. The molecule has 4 nitrogen and oxygen atoms in total. The topological polar surface area (TPSA) is 59.2 Å². The number of halogens is 1. The van der Waals surface area contributed by atoms with Crippen molar-refractivity contribution >= 4 is 27.7 Å². The molecule has 0 aliphatic heterocycles. The van der Waals surface area contributed by atoms with E-state index in [0.29, 0.717) is 11.1 Å². The van der Waals surface area contributed by atoms with E-state index in [1.165, 1.54) is 13.3 Å². The summed E-state index contributed by atoms with van der Waals surface area (Å²) in [4.78, 5) is 26.2. The van der Waals surface area contributed by atoms with Crippen LogP contribution >= 0.6 is 15.9 Å². The number of carbonyl (C=O) groups excluding carboxylic acids is 2. The van der Waals surface area contributed by atoms with Gasteiger partial charge in [-0.1, -0.05) is 29.3 Å². The molecule has 0 bridgehead atoms. The number of hydrogen-bond donors (Lipinski definition) is 1. The fourth-order valence-electron chi connectivity index (χ4n) is 1.57. The third kappa shape index (κ3) is 2.52. The summed E-state index contributed by atoms with van der Waals surface area (Å²) >= 11 is 3.11. The van der Waals surface area contributed by atoms with Gasteiger partial charge in [-0.2, -0.15) is 0 Å². The molecule has 0 aliphatic rings. The Morgan fingerprint density at radius 2 is 2.19 bits per heavy atom. The molecule has 0 atom stereocenters. The summed E-state index contributed by atoms with van der Waals surface area (Å²) in [6, 6.07) is 0. The van der Waals surface area contributed by atoms with E-state index in [4.69, 9.17) is 0 Å². The number of carbonyl (C=O) groups is 2. The first-order chi connectivity index (χ1) is 7.65. The number of ketones is 1. The van der Waals surface area contributed by atoms with Crippen LogP contribution in [0.3, 0.4) is 0 Å². The average molecular weight is 288 g/mol. The first kappa shape index (κ1) is 13.0. The van der Waals surface area contributed by atoms with Gasteiger partial charge in [0.05, 0.1) is 23.6 Å². The van der Waals surface area contributed by atoms with Crippen molar-refractivity contribution in [1.29, 1.82) is 0 Å². The van der Waals surface area contributed by atoms with Crippen LogP contribution in [0.2, 0.25) is 0 Å². The van der Waals surface area contributed by atoms with E-state index in [1.54, 1.807) is 0 Å². The molecule has 88 valence electrons. The van der Waals surface area contributed by atoms with Crippen molar-refractivity contribution in [1.82, 2.24) is 4.98 Å². The highest BCUT2D eigenvalue weighted by Gasteiger charge is 2.22. The molecule has 1 heterocycles. The van der Waals surface area contributed by atoms with Gasteiger partial charge in [-0.15, -0.1) is 0 Å². The number of H-pyrrole nitrogens is 1. The lowest BCUT2D eigenvalue weighted by Gasteiger charge is -2.03. The summed E-state index contributed by atoms with van der Waals surface area (Å²) in [7, 11) is 1.30. The lowest BCUT2D eigenvalue weighted by molar-refractivity contribution is 0.0597. The monoisotopic (exact) mass is 287 g/mol. The minimum absolute atomic E-state index is 0.106. The molecule has 0 saturated carbocycles. The van der Waals surface area contributed by atoms with E-state index in [0.717, 1.165) is 18.5 Å². The molecule has 0 aliphatic carbocycles. The van der Waals surface area contributed by atoms with Gasteiger partial charge in [-0.05, 0) is 6.42 Å². The first-order valence-electron chi connectivity index (χ1n) is 5.03. The minimum atomic E-state index is -0.483. The van der Waals surface area contributed by atoms with Crippen molar-refractivity contribution in [2.75, 3.05) is 12.4 Å². The molecule has 1 rings (SSSR count). The Hall–Kier alpha value is -1.10. The van der Waals surface area contributed by atoms with E-state index in [9.17, 15) is 9.59 Å². The number of alkyl halides is 1. The Kier molecular flexibility index (Phi) is 4.73. The molecule has 1 N–H and O–H groups in total. The van der Waals surface area contributed by atoms with Crippen molar-refractivity contribution in [3.63, 3.8) is 0 Å². The average Bonchev–Trinajstić information content (AvgIpc) is 2.71. The molecule has 0 spiro atoms. The number of nitrogens with one attached hydrogen (secondary N) is 1. The number of esters is 1. The second-order valence-corrected chi connectivity index (χ2v) is 3.92. The second kappa shape index (κ2) is 5.84. The minimum Gasteiger partial charge on any atom is -0.465 e. The van der Waals surface area contributed by atoms with Crippen LogP contribution in [0.4, 0.5) is 0 Å². The van der Waals surface area contributed by atoms with Gasteiger partial charge in [-0.25, -0.2) is 4.79 Å². The highest BCUT2D eigenvalue weighted by Crippen LogP contribution is 2.18. The predicted octanol–water partition coefficient (Wildman–Crippen LogP) is 2.33. The molecule has 0 saturated heterocycles. The normalized spacial score (nSPS) is 10.2. The van der Waals surface area contributed by atoms with Gasteiger partial charge in [0, 0.05) is 11.9 Å². The van der Waals surface area contributed by atoms with Gasteiger partial charge in [0.2, 0.25) is 0 Å². The van der Waals surface area contributed by atoms with Gasteiger partial charge in [-0.3, -0.25) is 4.79 Å². The maximum atomic E-state index is 11.7. The Morgan fingerprint density at radius 3 is 2.69 bits per heavy atom. The highest BCUT2D eigenvalue weighted by molar-refractivity contribution is 9.09. The van der Waals surface area contributed by atoms with E-state index in [2.05, 4.69) is 25.7 Å². The summed E-state index contributed by atoms with van der Waals surface area (Å²) in [6.07, 6.45) is 3.18. The molecule has 16 heavy (non-hydrogen) atoms. The summed E-state index contributed by atoms with van der Waals surface area (Å²) in [5.74, 6) is -0.590. The van der Waals surface area contributed by atoms with E-state index in [1.807, 2.05) is 6.92 Å². The predicted molar refractivity (Wildman–Crippen MR) is 64.3 cm³/mol. The number of methoxy groups -OCH3 is 1. The summed E-state index contributed by atoms with van der Waals surface area (Å²) in [6.45, 7) is 2.01. The molecule has 5 heteroatoms. The number of aromatic amines is 1. The molecule has 1 aromatic rings. The fourth-order valence-corrected chi connectivity index (χ4v) is 1.85. The highest BCUT2D eigenvalue weighted by atomic mass is 79.9. The summed E-state index contributed by atoms with van der Waals surface area (Å²) < 4.78 is 4.64. The van der Waals surface area contributed by atoms with Crippen molar-refractivity contribution in [2.45, 2.75) is 19.8 Å². The molecule has 0 fully saturated rings. The molecule has 0 aromatic carbocycles. The number of aromatic nitrogens is 1. The van der Waals surface area contributed by atoms with Gasteiger partial charge in [0.25, 0.3) is 0 Å². The zero-order chi connectivity index (χ0) is 12.1. The molecular weight excluding hydrogens is 274 g/mol. The Balaban J connectivity index is 3.19. The zero-order valence-electron chi connectivity index (χ0n) is 9.30. The molecule has 0 amide bonds. The van der Waals surface area contributed by atoms with Crippen molar-refractivity contribution < 1.29 is 14.3 Å². The van der Waals surface area contributed by atoms with E-state index < -0.39 is 5.97 Å². The molecule has 0 radical (unpaired) electrons. The van der Waals surface area contributed by atoms with Crippen LogP contribution in [0.1, 0.15) is 39.8 Å². The van der Waals surface area contributed by atoms with E-state index >= 15 is 0 Å². The van der Waals surface area contributed by atoms with Crippen LogP contribution in [-0.2, 0) is 11.2 Å². The largest absolute Gasteiger partial charge is 0.465 e. The van der Waals surface area contributed by atoms with Crippen molar-refractivity contribution in [3.8, 4) is 0 Å². The second-order valence-electron chi connectivity index (χ2n) is 3.35. The quantitative estimate of drug-likeness (QED) is 0.514. The Bertz CT molecular complexity index is 398. The standard InChI is InChI=1S/C11H14BrNO3/c1-3-4-8-10(9(14)5-12)7(6-13-8)11(15)16-2/h6,13H,3-5H2,1-2H3. The van der Waals surface area contributed by atoms with Gasteiger partial charge in [0.15, 0.2) is 5.78 Å². The van der Waals surface area contributed by atoms with Gasteiger partial charge >= 0.3 is 5.97 Å². The third-order valence-electron chi connectivity index (χ3n) is 2.27. The number of rotatable bonds is 5. The van der Waals surface area contributed by atoms with Crippen molar-refractivity contribution in [2.24, 2.45) is 0 Å². The van der Waals surface area contributed by atoms with Crippen LogP contribution in [0.25, 0.3) is 0 Å². The SMILES string of the molecule is CCCc1[nH]cc(C(=O)OC)c1C(=O)CBr. The lowest BCUT2D eigenvalue weighted by Crippen LogP contribution is -2.10. The number of Topliss-reactive ketones (excluding diaryl/α,β-unsaturated/α-hetero) is 1. The smallest absolute Gasteiger partial charge is 0.340 e. The number of hydrogen-bond acceptors (Lipinski definition) is 3. The summed E-state index contributed by atoms with van der Waals surface area (Å²) in [5, 5.41) is 0.200. The van der Waals surface area contributed by atoms with E-state index in [-0.39, 0.29) is 11.1 Å². The van der Waals surface area contributed by atoms with Crippen molar-refractivity contribution in [3.05, 3.63) is 23.0 Å².